The summed E-state index contributed by atoms with van der Waals surface area (Å²) >= 11 is 0. The highest BCUT2D eigenvalue weighted by molar-refractivity contribution is 5.87. The quantitative estimate of drug-likeness (QED) is 0.847. The number of carboxylic acid groups (broad SMARTS) is 1. The zero-order chi connectivity index (χ0) is 13.1. The van der Waals surface area contributed by atoms with Crippen LogP contribution in [0, 0.1) is 0 Å². The first-order valence-corrected chi connectivity index (χ1v) is 5.20. The zero-order valence-electron chi connectivity index (χ0n) is 9.60. The van der Waals surface area contributed by atoms with Crippen LogP contribution in [0.3, 0.4) is 0 Å². The normalized spacial score (nSPS) is 10.1. The standard InChI is InChI=1S/C13H11NO4/c1-18-10-4-2-3-8(5-10)9-6-11(13(16)17)12(15)14-7-9/h2-7H,1H3,(H,14,15)(H,16,17)/p-1. The van der Waals surface area contributed by atoms with E-state index in [2.05, 4.69) is 4.98 Å². The van der Waals surface area contributed by atoms with Gasteiger partial charge in [-0.15, -0.1) is 0 Å². The Bertz CT molecular complexity index is 645. The van der Waals surface area contributed by atoms with E-state index in [1.807, 2.05) is 0 Å². The summed E-state index contributed by atoms with van der Waals surface area (Å²) in [4.78, 5) is 24.4. The highest BCUT2D eigenvalue weighted by Crippen LogP contribution is 2.22. The molecule has 0 aliphatic heterocycles. The van der Waals surface area contributed by atoms with Gasteiger partial charge in [-0.1, -0.05) is 12.1 Å². The highest BCUT2D eigenvalue weighted by Gasteiger charge is 2.05. The fourth-order valence-corrected chi connectivity index (χ4v) is 1.60. The summed E-state index contributed by atoms with van der Waals surface area (Å²) in [5.74, 6) is -0.852. The minimum Gasteiger partial charge on any atom is -0.545 e. The van der Waals surface area contributed by atoms with Gasteiger partial charge in [0.05, 0.1) is 18.6 Å². The Morgan fingerprint density at radius 1 is 1.28 bits per heavy atom. The van der Waals surface area contributed by atoms with E-state index in [0.717, 1.165) is 5.56 Å². The lowest BCUT2D eigenvalue weighted by Crippen LogP contribution is -2.29. The fourth-order valence-electron chi connectivity index (χ4n) is 1.60. The van der Waals surface area contributed by atoms with E-state index in [1.165, 1.54) is 12.3 Å². The number of rotatable bonds is 3. The number of benzene rings is 1. The van der Waals surface area contributed by atoms with Crippen molar-refractivity contribution in [3.63, 3.8) is 0 Å². The number of hydrogen-bond acceptors (Lipinski definition) is 4. The van der Waals surface area contributed by atoms with Crippen molar-refractivity contribution in [1.29, 1.82) is 0 Å². The van der Waals surface area contributed by atoms with Crippen molar-refractivity contribution in [1.82, 2.24) is 4.98 Å². The smallest absolute Gasteiger partial charge is 0.257 e. The number of aromatic nitrogens is 1. The average molecular weight is 244 g/mol. The molecule has 0 unspecified atom stereocenters. The average Bonchev–Trinajstić information content (AvgIpc) is 2.39. The molecule has 0 spiro atoms. The maximum atomic E-state index is 11.3. The van der Waals surface area contributed by atoms with Gasteiger partial charge in [0, 0.05) is 6.20 Å². The summed E-state index contributed by atoms with van der Waals surface area (Å²) in [6.07, 6.45) is 1.45. The van der Waals surface area contributed by atoms with Crippen molar-refractivity contribution in [3.05, 3.63) is 52.4 Å². The second-order valence-corrected chi connectivity index (χ2v) is 3.65. The number of ether oxygens (including phenoxy) is 1. The van der Waals surface area contributed by atoms with E-state index in [-0.39, 0.29) is 0 Å². The first kappa shape index (κ1) is 11.9. The summed E-state index contributed by atoms with van der Waals surface area (Å²) in [7, 11) is 1.54. The number of carbonyl (C=O) groups is 1. The topological polar surface area (TPSA) is 82.2 Å². The van der Waals surface area contributed by atoms with Crippen LogP contribution in [0.15, 0.2) is 41.3 Å². The minimum absolute atomic E-state index is 0.393. The maximum Gasteiger partial charge on any atom is 0.257 e. The molecule has 0 bridgehead atoms. The minimum atomic E-state index is -1.50. The van der Waals surface area contributed by atoms with E-state index in [1.54, 1.807) is 31.4 Å². The van der Waals surface area contributed by atoms with Gasteiger partial charge in [-0.2, -0.15) is 0 Å². The molecule has 0 aliphatic rings. The Morgan fingerprint density at radius 2 is 2.06 bits per heavy atom. The second-order valence-electron chi connectivity index (χ2n) is 3.65. The van der Waals surface area contributed by atoms with Crippen LogP contribution in [0.4, 0.5) is 0 Å². The van der Waals surface area contributed by atoms with Gasteiger partial charge in [-0.05, 0) is 29.3 Å². The molecule has 5 heteroatoms. The Labute approximate surface area is 103 Å². The molecule has 1 aromatic heterocycles. The van der Waals surface area contributed by atoms with Crippen molar-refractivity contribution in [2.75, 3.05) is 7.11 Å². The second kappa shape index (κ2) is 4.75. The number of aromatic amines is 1. The summed E-state index contributed by atoms with van der Waals surface area (Å²) in [5, 5.41) is 10.8. The molecular weight excluding hydrogens is 234 g/mol. The van der Waals surface area contributed by atoms with Crippen LogP contribution in [-0.4, -0.2) is 18.1 Å². The number of aromatic carboxylic acids is 1. The first-order valence-electron chi connectivity index (χ1n) is 5.20. The van der Waals surface area contributed by atoms with E-state index < -0.39 is 17.1 Å². The lowest BCUT2D eigenvalue weighted by Gasteiger charge is -2.07. The Hall–Kier alpha value is -2.56. The van der Waals surface area contributed by atoms with Crippen molar-refractivity contribution in [3.8, 4) is 16.9 Å². The van der Waals surface area contributed by atoms with Gasteiger partial charge < -0.3 is 19.6 Å². The number of hydrogen-bond donors (Lipinski definition) is 1. The van der Waals surface area contributed by atoms with Crippen LogP contribution >= 0.6 is 0 Å². The third-order valence-electron chi connectivity index (χ3n) is 2.53. The van der Waals surface area contributed by atoms with Gasteiger partial charge >= 0.3 is 0 Å². The largest absolute Gasteiger partial charge is 0.545 e. The van der Waals surface area contributed by atoms with E-state index in [9.17, 15) is 14.7 Å². The van der Waals surface area contributed by atoms with E-state index >= 15 is 0 Å². The molecule has 2 rings (SSSR count). The lowest BCUT2D eigenvalue weighted by molar-refractivity contribution is -0.255. The summed E-state index contributed by atoms with van der Waals surface area (Å²) < 4.78 is 5.08. The molecule has 92 valence electrons. The molecule has 0 atom stereocenters. The molecular formula is C13H10NO4-. The predicted octanol–water partition coefficient (Wildman–Crippen LogP) is 0.414. The molecule has 0 saturated heterocycles. The molecule has 0 saturated carbocycles. The Kier molecular flexibility index (Phi) is 3.14. The molecule has 0 radical (unpaired) electrons. The van der Waals surface area contributed by atoms with Gasteiger partial charge in [-0.3, -0.25) is 4.79 Å². The third kappa shape index (κ3) is 2.24. The number of nitrogens with one attached hydrogen (secondary N) is 1. The van der Waals surface area contributed by atoms with Crippen molar-refractivity contribution < 1.29 is 14.6 Å². The SMILES string of the molecule is COc1cccc(-c2c[nH]c(=O)c(C(=O)[O-])c2)c1. The summed E-state index contributed by atoms with van der Waals surface area (Å²) in [6.45, 7) is 0. The molecule has 18 heavy (non-hydrogen) atoms. The molecule has 0 aliphatic carbocycles. The number of methoxy groups -OCH3 is 1. The van der Waals surface area contributed by atoms with E-state index in [0.29, 0.717) is 11.3 Å². The van der Waals surface area contributed by atoms with Crippen LogP contribution in [0.2, 0.25) is 0 Å². The van der Waals surface area contributed by atoms with Crippen LogP contribution in [-0.2, 0) is 0 Å². The molecule has 1 heterocycles. The number of carboxylic acids is 1. The van der Waals surface area contributed by atoms with Gasteiger partial charge in [0.2, 0.25) is 0 Å². The van der Waals surface area contributed by atoms with Gasteiger partial charge in [-0.25, -0.2) is 0 Å². The Balaban J connectivity index is 2.54. The Morgan fingerprint density at radius 3 is 2.72 bits per heavy atom. The molecule has 1 N–H and O–H groups in total. The number of carbonyl (C=O) groups excluding carboxylic acids is 1. The fraction of sp³-hybridized carbons (Fsp3) is 0.0769. The third-order valence-corrected chi connectivity index (χ3v) is 2.53. The zero-order valence-corrected chi connectivity index (χ0v) is 9.60. The molecule has 2 aromatic rings. The molecule has 1 aromatic carbocycles. The summed E-state index contributed by atoms with van der Waals surface area (Å²) in [6, 6.07) is 8.36. The van der Waals surface area contributed by atoms with Crippen molar-refractivity contribution in [2.24, 2.45) is 0 Å². The van der Waals surface area contributed by atoms with Gasteiger partial charge in [0.25, 0.3) is 5.56 Å². The van der Waals surface area contributed by atoms with Crippen LogP contribution < -0.4 is 15.4 Å². The maximum absolute atomic E-state index is 11.3. The number of pyridine rings is 1. The molecule has 5 nitrogen and oxygen atoms in total. The summed E-state index contributed by atoms with van der Waals surface area (Å²) in [5.41, 5.74) is 0.248. The van der Waals surface area contributed by atoms with Crippen molar-refractivity contribution >= 4 is 5.97 Å². The van der Waals surface area contributed by atoms with Crippen LogP contribution in [0.5, 0.6) is 5.75 Å². The van der Waals surface area contributed by atoms with Crippen molar-refractivity contribution in [2.45, 2.75) is 0 Å². The van der Waals surface area contributed by atoms with Crippen LogP contribution in [0.25, 0.3) is 11.1 Å². The van der Waals surface area contributed by atoms with Gasteiger partial charge in [0.1, 0.15) is 5.75 Å². The first-order chi connectivity index (χ1) is 8.61. The molecule has 0 fully saturated rings. The number of H-pyrrole nitrogens is 1. The van der Waals surface area contributed by atoms with Gasteiger partial charge in [0.15, 0.2) is 0 Å². The highest BCUT2D eigenvalue weighted by atomic mass is 16.5. The molecule has 0 amide bonds. The van der Waals surface area contributed by atoms with E-state index in [4.69, 9.17) is 4.74 Å². The monoisotopic (exact) mass is 244 g/mol. The predicted molar refractivity (Wildman–Crippen MR) is 63.4 cm³/mol. The lowest BCUT2D eigenvalue weighted by atomic mass is 10.1. The van der Waals surface area contributed by atoms with Crippen LogP contribution in [0.1, 0.15) is 10.4 Å².